The summed E-state index contributed by atoms with van der Waals surface area (Å²) in [6, 6.07) is 0. The first-order valence-corrected chi connectivity index (χ1v) is 12.2. The number of rotatable bonds is 5. The Morgan fingerprint density at radius 2 is 1.53 bits per heavy atom. The normalized spacial score (nSPS) is 37.3. The van der Waals surface area contributed by atoms with Gasteiger partial charge in [-0.2, -0.15) is 0 Å². The molecule has 7 unspecified atom stereocenters. The SMILES string of the molecule is CC(=O)OC1C2C(C)=C(CC(=O)O)C(=O)CC2C2(C)C(OC(C)=O)CCC(C)(C)C2(O)C1OC(C)=O. The molecule has 0 spiro atoms. The lowest BCUT2D eigenvalue weighted by Crippen LogP contribution is -2.80. The molecule has 0 aromatic rings. The molecule has 7 atom stereocenters. The summed E-state index contributed by atoms with van der Waals surface area (Å²) in [7, 11) is 0. The molecule has 0 radical (unpaired) electrons. The smallest absolute Gasteiger partial charge is 0.307 e. The number of carboxylic acids is 1. The zero-order valence-corrected chi connectivity index (χ0v) is 21.9. The van der Waals surface area contributed by atoms with Crippen LogP contribution in [0.3, 0.4) is 0 Å². The molecule has 0 amide bonds. The Labute approximate surface area is 210 Å². The first-order chi connectivity index (χ1) is 16.5. The molecule has 36 heavy (non-hydrogen) atoms. The average Bonchev–Trinajstić information content (AvgIpc) is 2.72. The Morgan fingerprint density at radius 3 is 2.03 bits per heavy atom. The highest BCUT2D eigenvalue weighted by atomic mass is 16.6. The molecule has 2 saturated carbocycles. The third-order valence-electron chi connectivity index (χ3n) is 8.77. The van der Waals surface area contributed by atoms with Gasteiger partial charge in [0.2, 0.25) is 0 Å². The van der Waals surface area contributed by atoms with Crippen LogP contribution in [0.5, 0.6) is 0 Å². The van der Waals surface area contributed by atoms with Crippen LogP contribution in [0.25, 0.3) is 0 Å². The Balaban J connectivity index is 2.39. The van der Waals surface area contributed by atoms with Crippen LogP contribution in [0, 0.1) is 22.7 Å². The molecule has 0 heterocycles. The van der Waals surface area contributed by atoms with E-state index in [4.69, 9.17) is 14.2 Å². The summed E-state index contributed by atoms with van der Waals surface area (Å²) in [6.07, 6.45) is -3.28. The Bertz CT molecular complexity index is 1030. The van der Waals surface area contributed by atoms with Crippen molar-refractivity contribution >= 4 is 29.7 Å². The van der Waals surface area contributed by atoms with Crippen molar-refractivity contribution in [3.8, 4) is 0 Å². The van der Waals surface area contributed by atoms with Crippen LogP contribution in [-0.4, -0.2) is 63.8 Å². The number of ether oxygens (including phenoxy) is 3. The molecule has 200 valence electrons. The van der Waals surface area contributed by atoms with Crippen molar-refractivity contribution in [2.24, 2.45) is 22.7 Å². The molecular weight excluding hydrogens is 472 g/mol. The van der Waals surface area contributed by atoms with Crippen molar-refractivity contribution in [1.29, 1.82) is 0 Å². The maximum atomic E-state index is 13.3. The van der Waals surface area contributed by atoms with Gasteiger partial charge >= 0.3 is 23.9 Å². The van der Waals surface area contributed by atoms with E-state index in [2.05, 4.69) is 0 Å². The molecule has 0 aliphatic heterocycles. The minimum absolute atomic E-state index is 0.0932. The minimum atomic E-state index is -1.88. The lowest BCUT2D eigenvalue weighted by atomic mass is 9.39. The number of carboxylic acid groups (broad SMARTS) is 1. The van der Waals surface area contributed by atoms with E-state index in [1.54, 1.807) is 27.7 Å². The molecular formula is C26H36O10. The van der Waals surface area contributed by atoms with E-state index in [1.165, 1.54) is 20.8 Å². The van der Waals surface area contributed by atoms with E-state index in [0.29, 0.717) is 18.4 Å². The summed E-state index contributed by atoms with van der Waals surface area (Å²) >= 11 is 0. The number of Topliss-reactive ketones (excluding diaryl/α,β-unsaturated/α-hetero) is 1. The highest BCUT2D eigenvalue weighted by molar-refractivity contribution is 6.01. The number of aliphatic hydroxyl groups is 1. The van der Waals surface area contributed by atoms with Crippen molar-refractivity contribution in [2.75, 3.05) is 0 Å². The fourth-order valence-electron chi connectivity index (χ4n) is 7.26. The molecule has 0 bridgehead atoms. The van der Waals surface area contributed by atoms with Gasteiger partial charge < -0.3 is 24.4 Å². The Kier molecular flexibility index (Phi) is 7.18. The van der Waals surface area contributed by atoms with Crippen molar-refractivity contribution in [1.82, 2.24) is 0 Å². The monoisotopic (exact) mass is 508 g/mol. The van der Waals surface area contributed by atoms with E-state index < -0.39 is 82.7 Å². The minimum Gasteiger partial charge on any atom is -0.481 e. The second kappa shape index (κ2) is 9.28. The zero-order chi connectivity index (χ0) is 27.4. The third-order valence-corrected chi connectivity index (χ3v) is 8.77. The molecule has 2 fully saturated rings. The van der Waals surface area contributed by atoms with Crippen LogP contribution in [-0.2, 0) is 38.2 Å². The molecule has 0 saturated heterocycles. The molecule has 3 aliphatic rings. The number of fused-ring (bicyclic) bond motifs is 3. The lowest BCUT2D eigenvalue weighted by molar-refractivity contribution is -0.333. The van der Waals surface area contributed by atoms with Crippen LogP contribution in [0.4, 0.5) is 0 Å². The summed E-state index contributed by atoms with van der Waals surface area (Å²) in [5, 5.41) is 22.1. The quantitative estimate of drug-likeness (QED) is 0.418. The fraction of sp³-hybridized carbons (Fsp3) is 0.731. The third kappa shape index (κ3) is 4.13. The van der Waals surface area contributed by atoms with E-state index >= 15 is 0 Å². The largest absolute Gasteiger partial charge is 0.481 e. The van der Waals surface area contributed by atoms with Gasteiger partial charge in [-0.15, -0.1) is 0 Å². The van der Waals surface area contributed by atoms with Gasteiger partial charge in [-0.1, -0.05) is 26.3 Å². The molecule has 3 rings (SSSR count). The number of carbonyl (C=O) groups excluding carboxylic acids is 4. The predicted octanol–water partition coefficient (Wildman–Crippen LogP) is 2.35. The van der Waals surface area contributed by atoms with E-state index in [0.717, 1.165) is 0 Å². The van der Waals surface area contributed by atoms with Crippen LogP contribution in [0.2, 0.25) is 0 Å². The summed E-state index contributed by atoms with van der Waals surface area (Å²) in [5.41, 5.74) is -3.61. The van der Waals surface area contributed by atoms with Gasteiger partial charge in [-0.05, 0) is 31.1 Å². The first kappa shape index (κ1) is 27.8. The molecule has 3 aliphatic carbocycles. The van der Waals surface area contributed by atoms with Gasteiger partial charge in [0.15, 0.2) is 11.9 Å². The fourth-order valence-corrected chi connectivity index (χ4v) is 7.26. The topological polar surface area (TPSA) is 154 Å². The van der Waals surface area contributed by atoms with Crippen molar-refractivity contribution in [2.45, 2.75) is 98.1 Å². The molecule has 2 N–H and O–H groups in total. The van der Waals surface area contributed by atoms with Crippen molar-refractivity contribution < 1.29 is 48.4 Å². The summed E-state index contributed by atoms with van der Waals surface area (Å²) < 4.78 is 17.2. The number of esters is 3. The van der Waals surface area contributed by atoms with Crippen LogP contribution in [0.15, 0.2) is 11.1 Å². The van der Waals surface area contributed by atoms with Gasteiger partial charge in [-0.3, -0.25) is 24.0 Å². The van der Waals surface area contributed by atoms with E-state index in [1.807, 2.05) is 0 Å². The number of hydrogen-bond donors (Lipinski definition) is 2. The van der Waals surface area contributed by atoms with Crippen molar-refractivity contribution in [3.63, 3.8) is 0 Å². The Morgan fingerprint density at radius 1 is 0.972 bits per heavy atom. The summed E-state index contributed by atoms with van der Waals surface area (Å²) in [5.74, 6) is -5.00. The summed E-state index contributed by atoms with van der Waals surface area (Å²) in [4.78, 5) is 61.6. The molecule has 0 aromatic heterocycles. The Hall–Kier alpha value is -2.75. The predicted molar refractivity (Wildman–Crippen MR) is 124 cm³/mol. The summed E-state index contributed by atoms with van der Waals surface area (Å²) in [6.45, 7) is 10.6. The number of ketones is 1. The van der Waals surface area contributed by atoms with Crippen LogP contribution in [0.1, 0.15) is 74.1 Å². The zero-order valence-electron chi connectivity index (χ0n) is 21.9. The standard InChI is InChI=1S/C26H36O10/c1-12-16(10-20(31)32)18(30)11-17-21(12)22(35-14(3)28)23(36-15(4)29)26(33)24(5,6)9-8-19(25(17,26)7)34-13(2)27/h17,19,21-23,33H,8-11H2,1-7H3,(H,31,32). The first-order valence-electron chi connectivity index (χ1n) is 12.2. The van der Waals surface area contributed by atoms with E-state index in [9.17, 15) is 34.2 Å². The second-order valence-corrected chi connectivity index (χ2v) is 11.2. The van der Waals surface area contributed by atoms with Gasteiger partial charge in [0.05, 0.1) is 6.42 Å². The average molecular weight is 509 g/mol. The van der Waals surface area contributed by atoms with Gasteiger partial charge in [0.25, 0.3) is 0 Å². The number of carbonyl (C=O) groups is 5. The molecule has 10 heteroatoms. The number of aliphatic carboxylic acids is 1. The second-order valence-electron chi connectivity index (χ2n) is 11.2. The highest BCUT2D eigenvalue weighted by Gasteiger charge is 2.77. The van der Waals surface area contributed by atoms with Crippen LogP contribution >= 0.6 is 0 Å². The molecule has 0 aromatic carbocycles. The maximum Gasteiger partial charge on any atom is 0.307 e. The number of hydrogen-bond acceptors (Lipinski definition) is 9. The van der Waals surface area contributed by atoms with Gasteiger partial charge in [0, 0.05) is 44.1 Å². The lowest BCUT2D eigenvalue weighted by Gasteiger charge is -2.69. The van der Waals surface area contributed by atoms with Gasteiger partial charge in [-0.25, -0.2) is 0 Å². The molecule has 10 nitrogen and oxygen atoms in total. The van der Waals surface area contributed by atoms with Crippen molar-refractivity contribution in [3.05, 3.63) is 11.1 Å². The van der Waals surface area contributed by atoms with E-state index in [-0.39, 0.29) is 12.0 Å². The van der Waals surface area contributed by atoms with Gasteiger partial charge in [0.1, 0.15) is 17.8 Å². The van der Waals surface area contributed by atoms with Crippen LogP contribution < -0.4 is 0 Å². The highest BCUT2D eigenvalue weighted by Crippen LogP contribution is 2.67. The maximum absolute atomic E-state index is 13.3.